The van der Waals surface area contributed by atoms with E-state index in [1.807, 2.05) is 19.1 Å². The molecule has 4 aliphatic carbocycles. The number of fused-ring (bicyclic) bond motifs is 3. The number of epoxide rings is 1. The lowest BCUT2D eigenvalue weighted by molar-refractivity contribution is -0.165. The van der Waals surface area contributed by atoms with Gasteiger partial charge in [0.25, 0.3) is 0 Å². The van der Waals surface area contributed by atoms with Crippen LogP contribution in [0.15, 0.2) is 35.6 Å². The van der Waals surface area contributed by atoms with Crippen molar-refractivity contribution in [2.75, 3.05) is 6.61 Å². The van der Waals surface area contributed by atoms with E-state index in [2.05, 4.69) is 19.1 Å². The Bertz CT molecular complexity index is 1010. The Morgan fingerprint density at radius 3 is 2.62 bits per heavy atom. The van der Waals surface area contributed by atoms with E-state index >= 15 is 0 Å². The van der Waals surface area contributed by atoms with Crippen molar-refractivity contribution in [1.82, 2.24) is 0 Å². The molecule has 32 heavy (non-hydrogen) atoms. The zero-order valence-corrected chi connectivity index (χ0v) is 19.0. The van der Waals surface area contributed by atoms with Crippen LogP contribution >= 0.6 is 0 Å². The number of rotatable bonds is 4. The summed E-state index contributed by atoms with van der Waals surface area (Å²) in [6.45, 7) is 6.41. The summed E-state index contributed by atoms with van der Waals surface area (Å²) in [5.41, 5.74) is -1.84. The molecule has 0 aromatic rings. The summed E-state index contributed by atoms with van der Waals surface area (Å²) in [5.74, 6) is -0.512. The minimum Gasteiger partial charge on any atom is -0.458 e. The van der Waals surface area contributed by atoms with Crippen LogP contribution in [0, 0.1) is 22.7 Å². The number of ether oxygens (including phenoxy) is 3. The highest BCUT2D eigenvalue weighted by molar-refractivity contribution is 5.91. The van der Waals surface area contributed by atoms with Crippen LogP contribution in [0.4, 0.5) is 0 Å². The second-order valence-corrected chi connectivity index (χ2v) is 10.4. The van der Waals surface area contributed by atoms with Crippen molar-refractivity contribution in [2.45, 2.75) is 70.7 Å². The lowest BCUT2D eigenvalue weighted by Crippen LogP contribution is -2.61. The second kappa shape index (κ2) is 6.64. The van der Waals surface area contributed by atoms with E-state index in [0.29, 0.717) is 18.6 Å². The molecule has 1 spiro atoms. The fourth-order valence-electron chi connectivity index (χ4n) is 7.38. The van der Waals surface area contributed by atoms with Crippen LogP contribution in [0.25, 0.3) is 0 Å². The molecule has 3 fully saturated rings. The summed E-state index contributed by atoms with van der Waals surface area (Å²) in [5, 5.41) is 11.6. The van der Waals surface area contributed by atoms with E-state index in [9.17, 15) is 19.5 Å². The number of allylic oxidation sites excluding steroid dienone is 3. The van der Waals surface area contributed by atoms with Crippen LogP contribution in [0.1, 0.15) is 53.4 Å². The van der Waals surface area contributed by atoms with E-state index in [4.69, 9.17) is 14.2 Å². The molecule has 0 amide bonds. The molecule has 1 unspecified atom stereocenters. The number of esters is 2. The van der Waals surface area contributed by atoms with E-state index in [0.717, 1.165) is 18.4 Å². The highest BCUT2D eigenvalue weighted by atomic mass is 16.6. The van der Waals surface area contributed by atoms with Crippen molar-refractivity contribution in [3.8, 4) is 0 Å². The maximum absolute atomic E-state index is 13.0. The highest BCUT2D eigenvalue weighted by Crippen LogP contribution is 2.75. The standard InChI is InChI=1S/C25H30O7/c1-14(26)30-13-20(28)24(29)10-8-18-19-6-5-16-11-17(31-15(2)27)7-9-22(16,3)25(19)21(32-25)12-23(18,24)4/h5,7,9,11,18-19,21,29H,6,8,10,12-13H2,1-4H3/t18-,19-,21?,22-,23-,24-,25-/m0/s1. The Morgan fingerprint density at radius 2 is 1.94 bits per heavy atom. The number of ketones is 1. The molecule has 0 radical (unpaired) electrons. The van der Waals surface area contributed by atoms with Gasteiger partial charge in [0.1, 0.15) is 17.0 Å². The molecule has 7 heteroatoms. The lowest BCUT2D eigenvalue weighted by Gasteiger charge is -2.54. The molecule has 0 bridgehead atoms. The summed E-state index contributed by atoms with van der Waals surface area (Å²) in [6.07, 6.45) is 10.4. The van der Waals surface area contributed by atoms with Gasteiger partial charge < -0.3 is 19.3 Å². The summed E-state index contributed by atoms with van der Waals surface area (Å²) in [7, 11) is 0. The van der Waals surface area contributed by atoms with Gasteiger partial charge in [0, 0.05) is 24.7 Å². The Kier molecular flexibility index (Phi) is 4.48. The molecule has 1 heterocycles. The van der Waals surface area contributed by atoms with Gasteiger partial charge in [-0.25, -0.2) is 0 Å². The largest absolute Gasteiger partial charge is 0.458 e. The predicted octanol–water partition coefficient (Wildman–Crippen LogP) is 2.78. The number of hydrogen-bond acceptors (Lipinski definition) is 7. The van der Waals surface area contributed by atoms with Gasteiger partial charge >= 0.3 is 11.9 Å². The first-order valence-electron chi connectivity index (χ1n) is 11.3. The SMILES string of the molecule is CC(=O)OCC(=O)[C@@]1(O)CC[C@H]2[C@@H]3CC=C4C=C(OC(C)=O)C=C[C@]4(C)[C@]34OC4C[C@@]21C. The van der Waals surface area contributed by atoms with Crippen molar-refractivity contribution in [1.29, 1.82) is 0 Å². The predicted molar refractivity (Wildman–Crippen MR) is 113 cm³/mol. The molecule has 0 aromatic heterocycles. The number of carbonyl (C=O) groups excluding carboxylic acids is 3. The minimum atomic E-state index is -1.53. The number of hydrogen-bond donors (Lipinski definition) is 1. The Balaban J connectivity index is 1.47. The number of Topliss-reactive ketones (excluding diaryl/α,β-unsaturated/α-hetero) is 1. The Hall–Kier alpha value is -2.25. The first kappa shape index (κ1) is 21.6. The molecule has 1 N–H and O–H groups in total. The summed E-state index contributed by atoms with van der Waals surface area (Å²) < 4.78 is 16.7. The maximum Gasteiger partial charge on any atom is 0.308 e. The molecule has 0 aromatic carbocycles. The number of aliphatic hydroxyl groups is 1. The number of carbonyl (C=O) groups is 3. The van der Waals surface area contributed by atoms with Crippen LogP contribution in [-0.2, 0) is 28.6 Å². The third-order valence-electron chi connectivity index (χ3n) is 9.00. The van der Waals surface area contributed by atoms with Crippen LogP contribution in [0.3, 0.4) is 0 Å². The molecule has 7 atom stereocenters. The van der Waals surface area contributed by atoms with Gasteiger partial charge in [-0.2, -0.15) is 0 Å². The van der Waals surface area contributed by atoms with Crippen molar-refractivity contribution < 1.29 is 33.7 Å². The molecule has 5 rings (SSSR count). The first-order valence-corrected chi connectivity index (χ1v) is 11.3. The van der Waals surface area contributed by atoms with Gasteiger partial charge in [-0.1, -0.05) is 19.1 Å². The summed E-state index contributed by atoms with van der Waals surface area (Å²) in [4.78, 5) is 35.6. The molecule has 2 saturated carbocycles. The molecule has 1 aliphatic heterocycles. The zero-order chi connectivity index (χ0) is 23.1. The van der Waals surface area contributed by atoms with Crippen LogP contribution in [0.2, 0.25) is 0 Å². The molecule has 7 nitrogen and oxygen atoms in total. The lowest BCUT2D eigenvalue weighted by atomic mass is 9.48. The van der Waals surface area contributed by atoms with Gasteiger partial charge in [-0.3, -0.25) is 14.4 Å². The van der Waals surface area contributed by atoms with E-state index in [1.165, 1.54) is 13.8 Å². The molecular weight excluding hydrogens is 412 g/mol. The normalized spacial score (nSPS) is 45.3. The average molecular weight is 443 g/mol. The molecular formula is C25H30O7. The minimum absolute atomic E-state index is 0.0816. The van der Waals surface area contributed by atoms with Gasteiger partial charge in [-0.05, 0) is 62.2 Å². The fraction of sp³-hybridized carbons (Fsp3) is 0.640. The van der Waals surface area contributed by atoms with Gasteiger partial charge in [-0.15, -0.1) is 0 Å². The topological polar surface area (TPSA) is 102 Å². The third-order valence-corrected chi connectivity index (χ3v) is 9.00. The van der Waals surface area contributed by atoms with Crippen molar-refractivity contribution in [3.63, 3.8) is 0 Å². The zero-order valence-electron chi connectivity index (χ0n) is 19.0. The maximum atomic E-state index is 13.0. The van der Waals surface area contributed by atoms with Crippen molar-refractivity contribution in [3.05, 3.63) is 35.6 Å². The van der Waals surface area contributed by atoms with Crippen molar-refractivity contribution in [2.24, 2.45) is 22.7 Å². The van der Waals surface area contributed by atoms with Gasteiger partial charge in [0.2, 0.25) is 5.78 Å². The van der Waals surface area contributed by atoms with Crippen LogP contribution < -0.4 is 0 Å². The van der Waals surface area contributed by atoms with E-state index in [-0.39, 0.29) is 34.9 Å². The van der Waals surface area contributed by atoms with Crippen LogP contribution in [-0.4, -0.2) is 46.7 Å². The van der Waals surface area contributed by atoms with Crippen molar-refractivity contribution >= 4 is 17.7 Å². The molecule has 1 saturated heterocycles. The Labute approximate surface area is 187 Å². The van der Waals surface area contributed by atoms with E-state index < -0.39 is 29.4 Å². The smallest absolute Gasteiger partial charge is 0.308 e. The monoisotopic (exact) mass is 442 g/mol. The summed E-state index contributed by atoms with van der Waals surface area (Å²) >= 11 is 0. The van der Waals surface area contributed by atoms with Gasteiger partial charge in [0.05, 0.1) is 6.10 Å². The summed E-state index contributed by atoms with van der Waals surface area (Å²) in [6, 6.07) is 0. The van der Waals surface area contributed by atoms with Crippen LogP contribution in [0.5, 0.6) is 0 Å². The van der Waals surface area contributed by atoms with Gasteiger partial charge in [0.15, 0.2) is 6.61 Å². The average Bonchev–Trinajstić information content (AvgIpc) is 3.37. The Morgan fingerprint density at radius 1 is 1.19 bits per heavy atom. The highest BCUT2D eigenvalue weighted by Gasteiger charge is 2.80. The fourth-order valence-corrected chi connectivity index (χ4v) is 7.38. The first-order chi connectivity index (χ1) is 15.0. The second-order valence-electron chi connectivity index (χ2n) is 10.4. The third kappa shape index (κ3) is 2.58. The molecule has 172 valence electrons. The van der Waals surface area contributed by atoms with E-state index in [1.54, 1.807) is 0 Å². The quantitative estimate of drug-likeness (QED) is 0.528. The molecule has 5 aliphatic rings.